The molecular formula is C17H22N2O4. The summed E-state index contributed by atoms with van der Waals surface area (Å²) in [4.78, 5) is 24.0. The number of para-hydroxylation sites is 1. The molecule has 0 aliphatic rings. The van der Waals surface area contributed by atoms with Crippen molar-refractivity contribution in [3.63, 3.8) is 0 Å². The molecule has 0 saturated carbocycles. The van der Waals surface area contributed by atoms with E-state index >= 15 is 0 Å². The molecule has 2 N–H and O–H groups in total. The van der Waals surface area contributed by atoms with Gasteiger partial charge in [-0.2, -0.15) is 0 Å². The number of benzene rings is 1. The topological polar surface area (TPSA) is 80.6 Å². The van der Waals surface area contributed by atoms with Crippen LogP contribution < -0.4 is 10.6 Å². The fourth-order valence-electron chi connectivity index (χ4n) is 2.34. The first-order valence-electron chi connectivity index (χ1n) is 7.54. The van der Waals surface area contributed by atoms with Gasteiger partial charge in [0.15, 0.2) is 0 Å². The Balaban J connectivity index is 2.00. The molecule has 1 heterocycles. The SMILES string of the molecule is COCC(=O)N[C@H](C(=O)NCc1coc2ccccc12)C(C)C. The van der Waals surface area contributed by atoms with Gasteiger partial charge in [-0.25, -0.2) is 0 Å². The number of nitrogens with one attached hydrogen (secondary N) is 2. The Morgan fingerprint density at radius 3 is 2.70 bits per heavy atom. The van der Waals surface area contributed by atoms with E-state index in [9.17, 15) is 9.59 Å². The van der Waals surface area contributed by atoms with Gasteiger partial charge < -0.3 is 19.8 Å². The fourth-order valence-corrected chi connectivity index (χ4v) is 2.34. The lowest BCUT2D eigenvalue weighted by atomic mass is 10.0. The number of methoxy groups -OCH3 is 1. The second-order valence-electron chi connectivity index (χ2n) is 5.70. The molecule has 1 aromatic heterocycles. The number of carbonyl (C=O) groups excluding carboxylic acids is 2. The minimum Gasteiger partial charge on any atom is -0.464 e. The monoisotopic (exact) mass is 318 g/mol. The third-order valence-electron chi connectivity index (χ3n) is 3.56. The molecule has 0 spiro atoms. The minimum atomic E-state index is -0.601. The Hall–Kier alpha value is -2.34. The Morgan fingerprint density at radius 2 is 2.00 bits per heavy atom. The number of fused-ring (bicyclic) bond motifs is 1. The van der Waals surface area contributed by atoms with Crippen molar-refractivity contribution in [2.45, 2.75) is 26.4 Å². The summed E-state index contributed by atoms with van der Waals surface area (Å²) in [5.41, 5.74) is 1.69. The van der Waals surface area contributed by atoms with Gasteiger partial charge in [0.05, 0.1) is 6.26 Å². The zero-order valence-electron chi connectivity index (χ0n) is 13.6. The highest BCUT2D eigenvalue weighted by molar-refractivity contribution is 5.88. The zero-order valence-corrected chi connectivity index (χ0v) is 13.6. The van der Waals surface area contributed by atoms with E-state index in [0.29, 0.717) is 6.54 Å². The van der Waals surface area contributed by atoms with E-state index in [-0.39, 0.29) is 24.3 Å². The van der Waals surface area contributed by atoms with Crippen LogP contribution in [0, 0.1) is 5.92 Å². The van der Waals surface area contributed by atoms with Gasteiger partial charge in [-0.3, -0.25) is 9.59 Å². The largest absolute Gasteiger partial charge is 0.464 e. The van der Waals surface area contributed by atoms with Gasteiger partial charge >= 0.3 is 0 Å². The molecule has 0 radical (unpaired) electrons. The van der Waals surface area contributed by atoms with Crippen molar-refractivity contribution < 1.29 is 18.7 Å². The molecule has 0 unspecified atom stereocenters. The minimum absolute atomic E-state index is 0.0306. The molecule has 1 aromatic carbocycles. The van der Waals surface area contributed by atoms with Crippen molar-refractivity contribution in [2.24, 2.45) is 5.92 Å². The Morgan fingerprint density at radius 1 is 1.26 bits per heavy atom. The maximum atomic E-state index is 12.4. The van der Waals surface area contributed by atoms with Crippen molar-refractivity contribution in [2.75, 3.05) is 13.7 Å². The zero-order chi connectivity index (χ0) is 16.8. The molecule has 124 valence electrons. The summed E-state index contributed by atoms with van der Waals surface area (Å²) in [6.07, 6.45) is 1.64. The molecule has 6 nitrogen and oxygen atoms in total. The highest BCUT2D eigenvalue weighted by atomic mass is 16.5. The van der Waals surface area contributed by atoms with Crippen molar-refractivity contribution in [3.8, 4) is 0 Å². The van der Waals surface area contributed by atoms with Gasteiger partial charge in [0.25, 0.3) is 0 Å². The summed E-state index contributed by atoms with van der Waals surface area (Å²) in [5, 5.41) is 6.51. The van der Waals surface area contributed by atoms with Crippen molar-refractivity contribution >= 4 is 22.8 Å². The summed E-state index contributed by atoms with van der Waals surface area (Å²) in [6.45, 7) is 4.04. The highest BCUT2D eigenvalue weighted by Gasteiger charge is 2.24. The van der Waals surface area contributed by atoms with Crippen LogP contribution in [0.5, 0.6) is 0 Å². The number of rotatable bonds is 7. The third kappa shape index (κ3) is 4.32. The Labute approximate surface area is 135 Å². The molecule has 1 atom stereocenters. The molecule has 0 aliphatic carbocycles. The Bertz CT molecular complexity index is 678. The summed E-state index contributed by atoms with van der Waals surface area (Å²) in [5.74, 6) is -0.568. The van der Waals surface area contributed by atoms with Crippen molar-refractivity contribution in [1.82, 2.24) is 10.6 Å². The van der Waals surface area contributed by atoms with Crippen LogP contribution >= 0.6 is 0 Å². The number of carbonyl (C=O) groups is 2. The van der Waals surface area contributed by atoms with Gasteiger partial charge in [0, 0.05) is 24.6 Å². The van der Waals surface area contributed by atoms with E-state index < -0.39 is 6.04 Å². The predicted octanol–water partition coefficient (Wildman–Crippen LogP) is 1.84. The number of hydrogen-bond donors (Lipinski definition) is 2. The second-order valence-corrected chi connectivity index (χ2v) is 5.70. The van der Waals surface area contributed by atoms with Crippen LogP contribution in [-0.2, 0) is 20.9 Å². The average molecular weight is 318 g/mol. The molecule has 0 aliphatic heterocycles. The normalized spacial score (nSPS) is 12.3. The summed E-state index contributed by atoms with van der Waals surface area (Å²) >= 11 is 0. The van der Waals surface area contributed by atoms with Crippen LogP contribution in [0.15, 0.2) is 34.9 Å². The number of ether oxygens (including phenoxy) is 1. The highest BCUT2D eigenvalue weighted by Crippen LogP contribution is 2.20. The van der Waals surface area contributed by atoms with E-state index in [1.807, 2.05) is 38.1 Å². The first-order chi connectivity index (χ1) is 11.0. The van der Waals surface area contributed by atoms with Crippen LogP contribution in [0.3, 0.4) is 0 Å². The van der Waals surface area contributed by atoms with Crippen LogP contribution in [-0.4, -0.2) is 31.6 Å². The van der Waals surface area contributed by atoms with Crippen LogP contribution in [0.25, 0.3) is 11.0 Å². The van der Waals surface area contributed by atoms with Crippen LogP contribution in [0.2, 0.25) is 0 Å². The summed E-state index contributed by atoms with van der Waals surface area (Å²) in [6, 6.07) is 7.04. The lowest BCUT2D eigenvalue weighted by Crippen LogP contribution is -2.50. The smallest absolute Gasteiger partial charge is 0.246 e. The summed E-state index contributed by atoms with van der Waals surface area (Å²) < 4.78 is 10.2. The molecule has 6 heteroatoms. The van der Waals surface area contributed by atoms with E-state index in [1.165, 1.54) is 7.11 Å². The molecule has 2 rings (SSSR count). The van der Waals surface area contributed by atoms with Crippen molar-refractivity contribution in [3.05, 3.63) is 36.1 Å². The van der Waals surface area contributed by atoms with E-state index in [1.54, 1.807) is 6.26 Å². The van der Waals surface area contributed by atoms with E-state index in [4.69, 9.17) is 9.15 Å². The van der Waals surface area contributed by atoms with E-state index in [0.717, 1.165) is 16.5 Å². The lowest BCUT2D eigenvalue weighted by Gasteiger charge is -2.21. The first-order valence-corrected chi connectivity index (χ1v) is 7.54. The first kappa shape index (κ1) is 17.0. The van der Waals surface area contributed by atoms with Crippen LogP contribution in [0.1, 0.15) is 19.4 Å². The van der Waals surface area contributed by atoms with Crippen molar-refractivity contribution in [1.29, 1.82) is 0 Å². The van der Waals surface area contributed by atoms with E-state index in [2.05, 4.69) is 10.6 Å². The number of amides is 2. The molecular weight excluding hydrogens is 296 g/mol. The second kappa shape index (κ2) is 7.78. The maximum absolute atomic E-state index is 12.4. The maximum Gasteiger partial charge on any atom is 0.246 e. The predicted molar refractivity (Wildman–Crippen MR) is 86.7 cm³/mol. The molecule has 0 fully saturated rings. The van der Waals surface area contributed by atoms with Crippen LogP contribution in [0.4, 0.5) is 0 Å². The fraction of sp³-hybridized carbons (Fsp3) is 0.412. The quantitative estimate of drug-likeness (QED) is 0.816. The standard InChI is InChI=1S/C17H22N2O4/c1-11(2)16(19-15(20)10-22-3)17(21)18-8-12-9-23-14-7-5-4-6-13(12)14/h4-7,9,11,16H,8,10H2,1-3H3,(H,18,21)(H,19,20)/t16-/m0/s1. The molecule has 0 saturated heterocycles. The third-order valence-corrected chi connectivity index (χ3v) is 3.56. The molecule has 0 bridgehead atoms. The number of hydrogen-bond acceptors (Lipinski definition) is 4. The lowest BCUT2D eigenvalue weighted by molar-refractivity contribution is -0.132. The van der Waals surface area contributed by atoms with Gasteiger partial charge in [0.1, 0.15) is 18.2 Å². The Kier molecular flexibility index (Phi) is 5.76. The van der Waals surface area contributed by atoms with Gasteiger partial charge in [-0.05, 0) is 12.0 Å². The molecule has 2 aromatic rings. The van der Waals surface area contributed by atoms with Gasteiger partial charge in [-0.1, -0.05) is 32.0 Å². The average Bonchev–Trinajstić information content (AvgIpc) is 2.93. The molecule has 23 heavy (non-hydrogen) atoms. The van der Waals surface area contributed by atoms with Gasteiger partial charge in [-0.15, -0.1) is 0 Å². The molecule has 2 amide bonds. The summed E-state index contributed by atoms with van der Waals surface area (Å²) in [7, 11) is 1.44. The van der Waals surface area contributed by atoms with Gasteiger partial charge in [0.2, 0.25) is 11.8 Å². The number of furan rings is 1.